The van der Waals surface area contributed by atoms with Gasteiger partial charge >= 0.3 is 0 Å². The lowest BCUT2D eigenvalue weighted by Crippen LogP contribution is -2.19. The van der Waals surface area contributed by atoms with Gasteiger partial charge in [0.2, 0.25) is 0 Å². The van der Waals surface area contributed by atoms with Crippen LogP contribution in [0.4, 0.5) is 4.79 Å². The fourth-order valence-electron chi connectivity index (χ4n) is 1.79. The van der Waals surface area contributed by atoms with Crippen LogP contribution in [-0.4, -0.2) is 23.9 Å². The van der Waals surface area contributed by atoms with Gasteiger partial charge in [0.15, 0.2) is 0 Å². The van der Waals surface area contributed by atoms with Crippen molar-refractivity contribution in [3.8, 4) is 5.75 Å². The maximum Gasteiger partial charge on any atom is 0.289 e. The molecule has 0 heterocycles. The van der Waals surface area contributed by atoms with E-state index in [1.165, 1.54) is 0 Å². The summed E-state index contributed by atoms with van der Waals surface area (Å²) in [4.78, 5) is 12.6. The Kier molecular flexibility index (Phi) is 4.35. The normalized spacial score (nSPS) is 10.1. The van der Waals surface area contributed by atoms with Crippen molar-refractivity contribution < 1.29 is 9.53 Å². The molecular formula is C12H16BrNO2. The molecule has 88 valence electrons. The van der Waals surface area contributed by atoms with Crippen molar-refractivity contribution in [3.63, 3.8) is 0 Å². The molecule has 0 unspecified atom stereocenters. The number of methoxy groups -OCH3 is 1. The van der Waals surface area contributed by atoms with Crippen LogP contribution in [0, 0.1) is 13.8 Å². The summed E-state index contributed by atoms with van der Waals surface area (Å²) in [6.07, 6.45) is 0. The van der Waals surface area contributed by atoms with Crippen LogP contribution in [-0.2, 0) is 6.54 Å². The quantitative estimate of drug-likeness (QED) is 0.630. The number of rotatable bonds is 3. The number of carbonyl (C=O) groups excluding carboxylic acids is 1. The third-order valence-electron chi connectivity index (χ3n) is 2.44. The first-order chi connectivity index (χ1) is 7.45. The molecule has 0 radical (unpaired) electrons. The summed E-state index contributed by atoms with van der Waals surface area (Å²) in [7, 11) is 3.43. The van der Waals surface area contributed by atoms with Crippen molar-refractivity contribution in [2.24, 2.45) is 0 Å². The van der Waals surface area contributed by atoms with Gasteiger partial charge in [-0.3, -0.25) is 4.79 Å². The lowest BCUT2D eigenvalue weighted by Gasteiger charge is -2.16. The molecule has 1 amide bonds. The highest BCUT2D eigenvalue weighted by atomic mass is 79.9. The summed E-state index contributed by atoms with van der Waals surface area (Å²) < 4.78 is 5.29. The molecule has 4 heteroatoms. The summed E-state index contributed by atoms with van der Waals surface area (Å²) in [6.45, 7) is 4.60. The average Bonchev–Trinajstić information content (AvgIpc) is 2.16. The molecule has 0 saturated heterocycles. The molecule has 0 N–H and O–H groups in total. The molecule has 3 nitrogen and oxygen atoms in total. The van der Waals surface area contributed by atoms with E-state index >= 15 is 0 Å². The van der Waals surface area contributed by atoms with Gasteiger partial charge in [-0.15, -0.1) is 0 Å². The zero-order valence-corrected chi connectivity index (χ0v) is 11.6. The van der Waals surface area contributed by atoms with E-state index in [2.05, 4.69) is 15.9 Å². The number of hydrogen-bond acceptors (Lipinski definition) is 2. The van der Waals surface area contributed by atoms with E-state index in [9.17, 15) is 4.79 Å². The highest BCUT2D eigenvalue weighted by molar-refractivity contribution is 9.18. The summed E-state index contributed by atoms with van der Waals surface area (Å²) in [5.74, 6) is 0.913. The Balaban J connectivity index is 2.96. The van der Waals surface area contributed by atoms with E-state index in [0.717, 1.165) is 22.4 Å². The van der Waals surface area contributed by atoms with Crippen LogP contribution in [0.15, 0.2) is 12.1 Å². The molecule has 1 rings (SSSR count). The largest absolute Gasteiger partial charge is 0.496 e. The number of nitrogens with zero attached hydrogens (tertiary/aromatic N) is 1. The molecule has 0 fully saturated rings. The zero-order chi connectivity index (χ0) is 12.3. The number of carbonyl (C=O) groups is 1. The molecular weight excluding hydrogens is 270 g/mol. The summed E-state index contributed by atoms with van der Waals surface area (Å²) in [6, 6.07) is 4.08. The molecule has 0 bridgehead atoms. The van der Waals surface area contributed by atoms with E-state index in [0.29, 0.717) is 6.54 Å². The fourth-order valence-corrected chi connectivity index (χ4v) is 1.91. The number of aryl methyl sites for hydroxylation is 2. The summed E-state index contributed by atoms with van der Waals surface area (Å²) >= 11 is 2.92. The van der Waals surface area contributed by atoms with Gasteiger partial charge in [-0.1, -0.05) is 12.1 Å². The molecule has 1 aromatic carbocycles. The van der Waals surface area contributed by atoms with Crippen LogP contribution in [0.3, 0.4) is 0 Å². The topological polar surface area (TPSA) is 29.5 Å². The fraction of sp³-hybridized carbons (Fsp3) is 0.417. The van der Waals surface area contributed by atoms with Crippen molar-refractivity contribution in [3.05, 3.63) is 28.8 Å². The van der Waals surface area contributed by atoms with E-state index in [1.54, 1.807) is 19.1 Å². The minimum absolute atomic E-state index is 0.112. The van der Waals surface area contributed by atoms with E-state index in [4.69, 9.17) is 4.74 Å². The maximum absolute atomic E-state index is 11.1. The second kappa shape index (κ2) is 5.34. The molecule has 0 aliphatic rings. The first-order valence-corrected chi connectivity index (χ1v) is 5.79. The number of ether oxygens (including phenoxy) is 1. The average molecular weight is 286 g/mol. The predicted molar refractivity (Wildman–Crippen MR) is 68.3 cm³/mol. The zero-order valence-electron chi connectivity index (χ0n) is 10.0. The highest BCUT2D eigenvalue weighted by Gasteiger charge is 2.09. The highest BCUT2D eigenvalue weighted by Crippen LogP contribution is 2.24. The molecule has 1 aromatic rings. The first-order valence-electron chi connectivity index (χ1n) is 5.00. The van der Waals surface area contributed by atoms with Crippen LogP contribution >= 0.6 is 15.9 Å². The van der Waals surface area contributed by atoms with Gasteiger partial charge in [0.1, 0.15) is 5.75 Å². The lowest BCUT2D eigenvalue weighted by atomic mass is 10.1. The summed E-state index contributed by atoms with van der Waals surface area (Å²) in [5.41, 5.74) is 3.28. The Morgan fingerprint density at radius 1 is 1.38 bits per heavy atom. The van der Waals surface area contributed by atoms with Gasteiger partial charge in [-0.2, -0.15) is 0 Å². The first kappa shape index (κ1) is 13.0. The second-order valence-corrected chi connectivity index (χ2v) is 4.55. The number of amides is 1. The van der Waals surface area contributed by atoms with Crippen molar-refractivity contribution >= 4 is 20.7 Å². The van der Waals surface area contributed by atoms with Crippen molar-refractivity contribution in [2.75, 3.05) is 14.2 Å². The third-order valence-corrected chi connectivity index (χ3v) is 3.05. The van der Waals surface area contributed by atoms with E-state index < -0.39 is 0 Å². The molecule has 0 aliphatic heterocycles. The van der Waals surface area contributed by atoms with Crippen LogP contribution in [0.2, 0.25) is 0 Å². The van der Waals surface area contributed by atoms with Gasteiger partial charge in [-0.05, 0) is 30.5 Å². The van der Waals surface area contributed by atoms with Crippen molar-refractivity contribution in [2.45, 2.75) is 20.4 Å². The Bertz CT molecular complexity index is 381. The van der Waals surface area contributed by atoms with Gasteiger partial charge in [0, 0.05) is 29.5 Å². The Labute approximate surface area is 105 Å². The Morgan fingerprint density at radius 2 is 1.88 bits per heavy atom. The SMILES string of the molecule is COc1c(C)cc(CN(C)C(=O)Br)cc1C. The molecule has 0 spiro atoms. The van der Waals surface area contributed by atoms with Crippen molar-refractivity contribution in [1.29, 1.82) is 0 Å². The monoisotopic (exact) mass is 285 g/mol. The van der Waals surface area contributed by atoms with Crippen molar-refractivity contribution in [1.82, 2.24) is 4.90 Å². The molecule has 0 atom stereocenters. The number of halogens is 1. The van der Waals surface area contributed by atoms with E-state index in [-0.39, 0.29) is 4.82 Å². The van der Waals surface area contributed by atoms with Gasteiger partial charge < -0.3 is 9.64 Å². The molecule has 0 aromatic heterocycles. The van der Waals surface area contributed by atoms with Gasteiger partial charge in [-0.25, -0.2) is 0 Å². The maximum atomic E-state index is 11.1. The van der Waals surface area contributed by atoms with Crippen LogP contribution in [0.1, 0.15) is 16.7 Å². The minimum Gasteiger partial charge on any atom is -0.496 e. The molecule has 0 saturated carbocycles. The minimum atomic E-state index is -0.112. The summed E-state index contributed by atoms with van der Waals surface area (Å²) in [5, 5.41) is 0. The van der Waals surface area contributed by atoms with Crippen LogP contribution in [0.25, 0.3) is 0 Å². The molecule has 0 aliphatic carbocycles. The van der Waals surface area contributed by atoms with Crippen LogP contribution < -0.4 is 4.74 Å². The van der Waals surface area contributed by atoms with E-state index in [1.807, 2.05) is 26.0 Å². The van der Waals surface area contributed by atoms with Crippen LogP contribution in [0.5, 0.6) is 5.75 Å². The Hall–Kier alpha value is -1.03. The molecule has 16 heavy (non-hydrogen) atoms. The van der Waals surface area contributed by atoms with Gasteiger partial charge in [0.05, 0.1) is 7.11 Å². The Morgan fingerprint density at radius 3 is 2.25 bits per heavy atom. The second-order valence-electron chi connectivity index (χ2n) is 3.87. The smallest absolute Gasteiger partial charge is 0.289 e. The number of hydrogen-bond donors (Lipinski definition) is 0. The number of benzene rings is 1. The third kappa shape index (κ3) is 2.98. The lowest BCUT2D eigenvalue weighted by molar-refractivity contribution is 0.233. The van der Waals surface area contributed by atoms with Gasteiger partial charge in [0.25, 0.3) is 4.82 Å². The predicted octanol–water partition coefficient (Wildman–Crippen LogP) is 3.26. The standard InChI is InChI=1S/C12H16BrNO2/c1-8-5-10(7-14(3)12(13)15)6-9(2)11(8)16-4/h5-6H,7H2,1-4H3.